The number of aryl methyl sites for hydroxylation is 1. The van der Waals surface area contributed by atoms with Crippen molar-refractivity contribution >= 4 is 22.6 Å². The summed E-state index contributed by atoms with van der Waals surface area (Å²) >= 11 is 6.27. The zero-order chi connectivity index (χ0) is 15.7. The van der Waals surface area contributed by atoms with E-state index in [0.717, 1.165) is 10.9 Å². The fourth-order valence-corrected chi connectivity index (χ4v) is 2.39. The number of halogens is 1. The van der Waals surface area contributed by atoms with E-state index in [1.165, 1.54) is 6.07 Å². The minimum absolute atomic E-state index is 0.333. The van der Waals surface area contributed by atoms with E-state index in [9.17, 15) is 4.79 Å². The van der Waals surface area contributed by atoms with E-state index >= 15 is 0 Å². The Kier molecular flexibility index (Phi) is 3.81. The van der Waals surface area contributed by atoms with Crippen LogP contribution in [-0.2, 0) is 0 Å². The SMILES string of the molecule is Cc1cc(=O)oc2cc(OC(C)c3cnccn3)c(Cl)cc12. The van der Waals surface area contributed by atoms with Crippen LogP contribution in [0.25, 0.3) is 11.0 Å². The Morgan fingerprint density at radius 2 is 2.09 bits per heavy atom. The van der Waals surface area contributed by atoms with E-state index < -0.39 is 5.63 Å². The normalized spacial score (nSPS) is 12.3. The summed E-state index contributed by atoms with van der Waals surface area (Å²) in [4.78, 5) is 19.7. The van der Waals surface area contributed by atoms with E-state index in [0.29, 0.717) is 22.0 Å². The van der Waals surface area contributed by atoms with Crippen LogP contribution in [0.1, 0.15) is 24.3 Å². The maximum atomic E-state index is 11.5. The third kappa shape index (κ3) is 2.80. The molecule has 2 heterocycles. The molecular weight excluding hydrogens is 304 g/mol. The third-order valence-corrected chi connectivity index (χ3v) is 3.60. The molecule has 0 amide bonds. The zero-order valence-corrected chi connectivity index (χ0v) is 12.8. The van der Waals surface area contributed by atoms with Gasteiger partial charge in [0.2, 0.25) is 0 Å². The Morgan fingerprint density at radius 1 is 1.27 bits per heavy atom. The van der Waals surface area contributed by atoms with Gasteiger partial charge < -0.3 is 9.15 Å². The van der Waals surface area contributed by atoms with Crippen LogP contribution in [-0.4, -0.2) is 9.97 Å². The molecule has 1 aromatic carbocycles. The molecule has 0 fully saturated rings. The van der Waals surface area contributed by atoms with Crippen molar-refractivity contribution in [3.8, 4) is 5.75 Å². The molecule has 0 N–H and O–H groups in total. The van der Waals surface area contributed by atoms with Gasteiger partial charge in [0.1, 0.15) is 17.4 Å². The Hall–Kier alpha value is -2.40. The summed E-state index contributed by atoms with van der Waals surface area (Å²) in [5, 5.41) is 1.23. The standard InChI is InChI=1S/C16H13ClN2O3/c1-9-5-16(20)22-14-7-15(12(17)6-11(9)14)21-10(2)13-8-18-3-4-19-13/h3-8,10H,1-2H3. The molecule has 0 saturated carbocycles. The van der Waals surface area contributed by atoms with Crippen molar-refractivity contribution in [2.45, 2.75) is 20.0 Å². The monoisotopic (exact) mass is 316 g/mol. The van der Waals surface area contributed by atoms with Gasteiger partial charge in [-0.15, -0.1) is 0 Å². The van der Waals surface area contributed by atoms with E-state index in [4.69, 9.17) is 20.8 Å². The molecule has 5 nitrogen and oxygen atoms in total. The number of nitrogens with zero attached hydrogens (tertiary/aromatic N) is 2. The Balaban J connectivity index is 2.01. The molecule has 0 spiro atoms. The summed E-state index contributed by atoms with van der Waals surface area (Å²) in [5.74, 6) is 0.432. The lowest BCUT2D eigenvalue weighted by atomic mass is 10.1. The number of hydrogen-bond donors (Lipinski definition) is 0. The predicted octanol–water partition coefficient (Wildman–Crippen LogP) is 3.68. The van der Waals surface area contributed by atoms with Gasteiger partial charge in [-0.1, -0.05) is 11.6 Å². The number of benzene rings is 1. The van der Waals surface area contributed by atoms with Gasteiger partial charge in [0.05, 0.1) is 16.9 Å². The maximum Gasteiger partial charge on any atom is 0.336 e. The van der Waals surface area contributed by atoms with Crippen molar-refractivity contribution < 1.29 is 9.15 Å². The summed E-state index contributed by atoms with van der Waals surface area (Å²) < 4.78 is 11.0. The van der Waals surface area contributed by atoms with Gasteiger partial charge in [0.15, 0.2) is 0 Å². The second-order valence-electron chi connectivity index (χ2n) is 4.92. The molecular formula is C16H13ClN2O3. The van der Waals surface area contributed by atoms with Crippen LogP contribution in [0.3, 0.4) is 0 Å². The van der Waals surface area contributed by atoms with Crippen LogP contribution in [0, 0.1) is 6.92 Å². The summed E-state index contributed by atoms with van der Waals surface area (Å²) in [6.45, 7) is 3.68. The molecule has 0 aliphatic rings. The highest BCUT2D eigenvalue weighted by molar-refractivity contribution is 6.32. The largest absolute Gasteiger partial charge is 0.483 e. The first kappa shape index (κ1) is 14.5. The third-order valence-electron chi connectivity index (χ3n) is 3.31. The number of rotatable bonds is 3. The van der Waals surface area contributed by atoms with Crippen LogP contribution in [0.15, 0.2) is 46.0 Å². The van der Waals surface area contributed by atoms with E-state index in [1.807, 2.05) is 13.8 Å². The topological polar surface area (TPSA) is 65.2 Å². The van der Waals surface area contributed by atoms with Crippen molar-refractivity contribution in [3.05, 3.63) is 63.5 Å². The molecule has 0 aliphatic heterocycles. The first-order valence-corrected chi connectivity index (χ1v) is 7.09. The lowest BCUT2D eigenvalue weighted by Gasteiger charge is -2.15. The highest BCUT2D eigenvalue weighted by Gasteiger charge is 2.14. The fourth-order valence-electron chi connectivity index (χ4n) is 2.18. The highest BCUT2D eigenvalue weighted by Crippen LogP contribution is 2.33. The highest BCUT2D eigenvalue weighted by atomic mass is 35.5. The van der Waals surface area contributed by atoms with Gasteiger partial charge in [0, 0.05) is 29.9 Å². The number of hydrogen-bond acceptors (Lipinski definition) is 5. The second kappa shape index (κ2) is 5.77. The minimum Gasteiger partial charge on any atom is -0.483 e. The van der Waals surface area contributed by atoms with Crippen LogP contribution in [0.5, 0.6) is 5.75 Å². The number of fused-ring (bicyclic) bond motifs is 1. The molecule has 0 bridgehead atoms. The van der Waals surface area contributed by atoms with Gasteiger partial charge in [0.25, 0.3) is 0 Å². The van der Waals surface area contributed by atoms with E-state index in [1.54, 1.807) is 30.7 Å². The van der Waals surface area contributed by atoms with Gasteiger partial charge in [-0.25, -0.2) is 4.79 Å². The smallest absolute Gasteiger partial charge is 0.336 e. The van der Waals surface area contributed by atoms with Crippen molar-refractivity contribution in [1.82, 2.24) is 9.97 Å². The van der Waals surface area contributed by atoms with Crippen molar-refractivity contribution in [1.29, 1.82) is 0 Å². The average molecular weight is 317 g/mol. The summed E-state index contributed by atoms with van der Waals surface area (Å²) in [5.41, 5.74) is 1.53. The predicted molar refractivity (Wildman–Crippen MR) is 83.3 cm³/mol. The molecule has 0 saturated heterocycles. The maximum absolute atomic E-state index is 11.5. The minimum atomic E-state index is -0.403. The van der Waals surface area contributed by atoms with Crippen molar-refractivity contribution in [2.24, 2.45) is 0 Å². The molecule has 2 aromatic heterocycles. The molecule has 6 heteroatoms. The number of aromatic nitrogens is 2. The van der Waals surface area contributed by atoms with Gasteiger partial charge in [-0.2, -0.15) is 0 Å². The van der Waals surface area contributed by atoms with Crippen molar-refractivity contribution in [2.75, 3.05) is 0 Å². The van der Waals surface area contributed by atoms with Crippen molar-refractivity contribution in [3.63, 3.8) is 0 Å². The lowest BCUT2D eigenvalue weighted by Crippen LogP contribution is -2.06. The Bertz CT molecular complexity index is 878. The summed E-state index contributed by atoms with van der Waals surface area (Å²) in [7, 11) is 0. The molecule has 3 rings (SSSR count). The van der Waals surface area contributed by atoms with Crippen LogP contribution >= 0.6 is 11.6 Å². The summed E-state index contributed by atoms with van der Waals surface area (Å²) in [6.07, 6.45) is 4.49. The fraction of sp³-hybridized carbons (Fsp3) is 0.188. The van der Waals surface area contributed by atoms with Gasteiger partial charge >= 0.3 is 5.63 Å². The first-order valence-electron chi connectivity index (χ1n) is 6.71. The Labute approximate surface area is 131 Å². The molecule has 0 radical (unpaired) electrons. The molecule has 1 unspecified atom stereocenters. The molecule has 22 heavy (non-hydrogen) atoms. The van der Waals surface area contributed by atoms with Gasteiger partial charge in [-0.05, 0) is 25.5 Å². The quantitative estimate of drug-likeness (QED) is 0.689. The molecule has 112 valence electrons. The van der Waals surface area contributed by atoms with Crippen LogP contribution in [0.2, 0.25) is 5.02 Å². The zero-order valence-electron chi connectivity index (χ0n) is 12.0. The summed E-state index contributed by atoms with van der Waals surface area (Å²) in [6, 6.07) is 4.79. The second-order valence-corrected chi connectivity index (χ2v) is 5.32. The van der Waals surface area contributed by atoms with Gasteiger partial charge in [-0.3, -0.25) is 9.97 Å². The Morgan fingerprint density at radius 3 is 2.82 bits per heavy atom. The van der Waals surface area contributed by atoms with E-state index in [2.05, 4.69) is 9.97 Å². The molecule has 1 atom stereocenters. The molecule has 3 aromatic rings. The average Bonchev–Trinajstić information content (AvgIpc) is 2.50. The number of ether oxygens (including phenoxy) is 1. The lowest BCUT2D eigenvalue weighted by molar-refractivity contribution is 0.221. The molecule has 0 aliphatic carbocycles. The first-order chi connectivity index (χ1) is 10.5. The van der Waals surface area contributed by atoms with E-state index in [-0.39, 0.29) is 6.10 Å². The van der Waals surface area contributed by atoms with Crippen LogP contribution in [0.4, 0.5) is 0 Å². The van der Waals surface area contributed by atoms with Crippen LogP contribution < -0.4 is 10.4 Å².